The number of Topliss-reactive ketones (excluding diaryl/α,β-unsaturated/α-hetero) is 1. The van der Waals surface area contributed by atoms with E-state index < -0.39 is 39.4 Å². The molecule has 45 heavy (non-hydrogen) atoms. The summed E-state index contributed by atoms with van der Waals surface area (Å²) in [5.74, 6) is -2.83. The molecule has 4 N–H and O–H groups in total. The molecule has 2 atom stereocenters. The van der Waals surface area contributed by atoms with Crippen LogP contribution in [0.5, 0.6) is 5.75 Å². The molecule has 1 amide bonds. The first-order valence-corrected chi connectivity index (χ1v) is 16.8. The number of carbonyl (C=O) groups excluding carboxylic acids is 3. The van der Waals surface area contributed by atoms with Gasteiger partial charge in [-0.1, -0.05) is 73.3 Å². The molecular formula is C35H42N2O7S. The summed E-state index contributed by atoms with van der Waals surface area (Å²) in [7, 11) is -3.71. The van der Waals surface area contributed by atoms with Gasteiger partial charge in [0.2, 0.25) is 5.91 Å². The van der Waals surface area contributed by atoms with Crippen molar-refractivity contribution in [3.63, 3.8) is 0 Å². The van der Waals surface area contributed by atoms with E-state index in [1.165, 1.54) is 12.1 Å². The van der Waals surface area contributed by atoms with Gasteiger partial charge in [0.05, 0.1) is 30.1 Å². The van der Waals surface area contributed by atoms with Crippen LogP contribution >= 0.6 is 0 Å². The number of ether oxygens (including phenoxy) is 1. The number of esters is 1. The van der Waals surface area contributed by atoms with E-state index in [-0.39, 0.29) is 49.6 Å². The number of phenols is 1. The number of aromatic hydroxyl groups is 1. The van der Waals surface area contributed by atoms with Gasteiger partial charge in [-0.2, -0.15) is 0 Å². The fourth-order valence-corrected chi connectivity index (χ4v) is 6.66. The van der Waals surface area contributed by atoms with Crippen LogP contribution in [0.15, 0.2) is 85.4 Å². The maximum absolute atomic E-state index is 13.7. The largest absolute Gasteiger partial charge is 0.508 e. The third-order valence-electron chi connectivity index (χ3n) is 7.41. The Hall–Kier alpha value is -4.44. The number of nitrogens with two attached hydrogens (primary N) is 1. The molecule has 9 nitrogen and oxygen atoms in total. The number of hydrogen-bond acceptors (Lipinski definition) is 8. The molecule has 0 aliphatic heterocycles. The molecule has 0 spiro atoms. The summed E-state index contributed by atoms with van der Waals surface area (Å²) in [6.07, 6.45) is 1.02. The van der Waals surface area contributed by atoms with Crippen molar-refractivity contribution < 1.29 is 32.6 Å². The molecule has 0 aliphatic carbocycles. The third kappa shape index (κ3) is 12.2. The second kappa shape index (κ2) is 17.2. The lowest BCUT2D eigenvalue weighted by Crippen LogP contribution is -2.45. The SMILES string of the molecule is C=C(N)c1ccc(CCC(=O)[C@H](CCC(=O)OCC)NC(=O)[C@@H](CCc2ccc(O)cc2)CS(=O)(=O)Cc2ccccc2)cc1. The fraction of sp³-hybridized carbons (Fsp3) is 0.343. The van der Waals surface area contributed by atoms with Crippen LogP contribution in [-0.4, -0.2) is 49.6 Å². The first-order chi connectivity index (χ1) is 21.5. The predicted molar refractivity (Wildman–Crippen MR) is 175 cm³/mol. The quantitative estimate of drug-likeness (QED) is 0.173. The van der Waals surface area contributed by atoms with Gasteiger partial charge in [0.25, 0.3) is 0 Å². The Balaban J connectivity index is 1.77. The van der Waals surface area contributed by atoms with E-state index in [4.69, 9.17) is 10.5 Å². The van der Waals surface area contributed by atoms with Gasteiger partial charge in [0, 0.05) is 18.5 Å². The molecule has 3 rings (SSSR count). The number of aryl methyl sites for hydroxylation is 2. The van der Waals surface area contributed by atoms with Gasteiger partial charge in [0.15, 0.2) is 15.6 Å². The van der Waals surface area contributed by atoms with Crippen LogP contribution in [0, 0.1) is 5.92 Å². The highest BCUT2D eigenvalue weighted by Crippen LogP contribution is 2.19. The average Bonchev–Trinajstić information content (AvgIpc) is 3.01. The van der Waals surface area contributed by atoms with Crippen LogP contribution in [0.2, 0.25) is 0 Å². The summed E-state index contributed by atoms with van der Waals surface area (Å²) in [5.41, 5.74) is 9.28. The third-order valence-corrected chi connectivity index (χ3v) is 9.09. The average molecular weight is 635 g/mol. The highest BCUT2D eigenvalue weighted by molar-refractivity contribution is 7.90. The maximum Gasteiger partial charge on any atom is 0.305 e. The number of nitrogens with one attached hydrogen (secondary N) is 1. The Bertz CT molecular complexity index is 1540. The van der Waals surface area contributed by atoms with Gasteiger partial charge < -0.3 is 20.9 Å². The van der Waals surface area contributed by atoms with Gasteiger partial charge >= 0.3 is 5.97 Å². The number of rotatable bonds is 18. The van der Waals surface area contributed by atoms with Crippen molar-refractivity contribution >= 4 is 33.2 Å². The molecule has 0 heterocycles. The molecule has 0 aliphatic rings. The Labute approximate surface area is 265 Å². The van der Waals surface area contributed by atoms with Crippen molar-refractivity contribution in [3.8, 4) is 5.75 Å². The van der Waals surface area contributed by atoms with Crippen LogP contribution in [0.3, 0.4) is 0 Å². The Morgan fingerprint density at radius 3 is 2.11 bits per heavy atom. The van der Waals surface area contributed by atoms with Crippen LogP contribution in [0.4, 0.5) is 0 Å². The summed E-state index contributed by atoms with van der Waals surface area (Å²) in [6.45, 7) is 5.59. The van der Waals surface area contributed by atoms with Crippen LogP contribution in [0.25, 0.3) is 5.70 Å². The van der Waals surface area contributed by atoms with E-state index in [2.05, 4.69) is 11.9 Å². The Morgan fingerprint density at radius 2 is 1.49 bits per heavy atom. The summed E-state index contributed by atoms with van der Waals surface area (Å²) < 4.78 is 31.5. The lowest BCUT2D eigenvalue weighted by Gasteiger charge is -2.22. The summed E-state index contributed by atoms with van der Waals surface area (Å²) in [5, 5.41) is 12.4. The molecule has 0 fully saturated rings. The zero-order valence-electron chi connectivity index (χ0n) is 25.6. The summed E-state index contributed by atoms with van der Waals surface area (Å²) in [6, 6.07) is 21.5. The van der Waals surface area contributed by atoms with Crippen molar-refractivity contribution in [3.05, 3.63) is 108 Å². The summed E-state index contributed by atoms with van der Waals surface area (Å²) >= 11 is 0. The lowest BCUT2D eigenvalue weighted by atomic mass is 9.96. The van der Waals surface area contributed by atoms with Gasteiger partial charge in [-0.05, 0) is 67.0 Å². The van der Waals surface area contributed by atoms with Gasteiger partial charge in [-0.15, -0.1) is 0 Å². The standard InChI is InChI=1S/C35H42N2O7S/c1-3-44-34(40)22-20-32(33(39)21-14-26-9-15-29(16-10-26)25(2)36)37-35(41)30(17-11-27-12-18-31(38)19-13-27)24-45(42,43)23-28-7-5-4-6-8-28/h4-10,12-13,15-16,18-19,30,32,38H,2-3,11,14,17,20-24,36H2,1H3,(H,37,41)/t30-,32-/m0/s1. The number of ketones is 1. The molecule has 0 unspecified atom stereocenters. The topological polar surface area (TPSA) is 153 Å². The van der Waals surface area contributed by atoms with E-state index in [9.17, 15) is 27.9 Å². The molecular weight excluding hydrogens is 592 g/mol. The lowest BCUT2D eigenvalue weighted by molar-refractivity contribution is -0.143. The second-order valence-corrected chi connectivity index (χ2v) is 13.1. The van der Waals surface area contributed by atoms with Crippen LogP contribution in [-0.2, 0) is 47.6 Å². The zero-order chi connectivity index (χ0) is 32.8. The normalized spacial score (nSPS) is 12.6. The molecule has 0 saturated carbocycles. The van der Waals surface area contributed by atoms with Gasteiger partial charge in [-0.3, -0.25) is 14.4 Å². The van der Waals surface area contributed by atoms with Crippen LogP contribution in [0.1, 0.15) is 54.9 Å². The number of carbonyl (C=O) groups is 3. The molecule has 0 aromatic heterocycles. The second-order valence-electron chi connectivity index (χ2n) is 11.0. The van der Waals surface area contributed by atoms with Crippen molar-refractivity contribution in [2.24, 2.45) is 11.7 Å². The van der Waals surface area contributed by atoms with Crippen molar-refractivity contribution in [2.75, 3.05) is 12.4 Å². The zero-order valence-corrected chi connectivity index (χ0v) is 26.4. The highest BCUT2D eigenvalue weighted by Gasteiger charge is 2.30. The van der Waals surface area contributed by atoms with E-state index in [1.807, 2.05) is 24.3 Å². The predicted octanol–water partition coefficient (Wildman–Crippen LogP) is 4.52. The van der Waals surface area contributed by atoms with Gasteiger partial charge in [-0.25, -0.2) is 8.42 Å². The molecule has 240 valence electrons. The molecule has 3 aromatic rings. The minimum Gasteiger partial charge on any atom is -0.508 e. The number of benzene rings is 3. The maximum atomic E-state index is 13.7. The molecule has 3 aromatic carbocycles. The van der Waals surface area contributed by atoms with Crippen LogP contribution < -0.4 is 11.1 Å². The monoisotopic (exact) mass is 634 g/mol. The molecule has 0 saturated heterocycles. The van der Waals surface area contributed by atoms with Crippen molar-refractivity contribution in [1.29, 1.82) is 0 Å². The van der Waals surface area contributed by atoms with Crippen molar-refractivity contribution in [2.45, 2.75) is 57.2 Å². The summed E-state index contributed by atoms with van der Waals surface area (Å²) in [4.78, 5) is 39.3. The smallest absolute Gasteiger partial charge is 0.305 e. The number of amides is 1. The Morgan fingerprint density at radius 1 is 0.867 bits per heavy atom. The first-order valence-electron chi connectivity index (χ1n) is 15.0. The van der Waals surface area contributed by atoms with E-state index >= 15 is 0 Å². The highest BCUT2D eigenvalue weighted by atomic mass is 32.2. The van der Waals surface area contributed by atoms with E-state index in [0.717, 1.165) is 16.7 Å². The molecule has 10 heteroatoms. The molecule has 0 radical (unpaired) electrons. The van der Waals surface area contributed by atoms with Gasteiger partial charge in [0.1, 0.15) is 5.75 Å². The number of sulfone groups is 1. The number of hydrogen-bond donors (Lipinski definition) is 3. The minimum atomic E-state index is -3.71. The van der Waals surface area contributed by atoms with Crippen molar-refractivity contribution in [1.82, 2.24) is 5.32 Å². The minimum absolute atomic E-state index is 0.0246. The Kier molecular flexibility index (Phi) is 13.4. The van der Waals surface area contributed by atoms with E-state index in [0.29, 0.717) is 24.1 Å². The number of phenolic OH excluding ortho intramolecular Hbond substituents is 1. The fourth-order valence-electron chi connectivity index (χ4n) is 4.91. The molecule has 0 bridgehead atoms. The van der Waals surface area contributed by atoms with E-state index in [1.54, 1.807) is 49.4 Å². The first kappa shape index (κ1) is 35.0.